The second-order valence-corrected chi connectivity index (χ2v) is 5.71. The molecule has 0 aliphatic carbocycles. The molecular formula is C17H22N6O3. The van der Waals surface area contributed by atoms with E-state index >= 15 is 0 Å². The lowest BCUT2D eigenvalue weighted by molar-refractivity contribution is 0.0398. The molecule has 1 aliphatic rings. The largest absolute Gasteiger partial charge is 0.465 e. The smallest absolute Gasteiger partial charge is 0.339 e. The van der Waals surface area contributed by atoms with Crippen LogP contribution >= 0.6 is 0 Å². The molecule has 0 radical (unpaired) electrons. The molecule has 3 rings (SSSR count). The predicted octanol–water partition coefficient (Wildman–Crippen LogP) is 1.15. The average molecular weight is 358 g/mol. The molecule has 1 aromatic carbocycles. The molecule has 1 aliphatic heterocycles. The third-order valence-corrected chi connectivity index (χ3v) is 3.98. The Morgan fingerprint density at radius 1 is 1.31 bits per heavy atom. The summed E-state index contributed by atoms with van der Waals surface area (Å²) >= 11 is 0. The van der Waals surface area contributed by atoms with Crippen molar-refractivity contribution in [1.82, 2.24) is 20.1 Å². The minimum atomic E-state index is -0.430. The van der Waals surface area contributed by atoms with Gasteiger partial charge < -0.3 is 20.1 Å². The number of para-hydroxylation sites is 1. The van der Waals surface area contributed by atoms with Crippen LogP contribution in [0.2, 0.25) is 0 Å². The zero-order valence-electron chi connectivity index (χ0n) is 14.6. The maximum absolute atomic E-state index is 11.8. The van der Waals surface area contributed by atoms with Crippen LogP contribution in [0.5, 0.6) is 0 Å². The van der Waals surface area contributed by atoms with Gasteiger partial charge in [0.15, 0.2) is 5.82 Å². The van der Waals surface area contributed by atoms with Gasteiger partial charge in [0.1, 0.15) is 0 Å². The van der Waals surface area contributed by atoms with Crippen LogP contribution in [0.1, 0.15) is 10.4 Å². The van der Waals surface area contributed by atoms with Crippen molar-refractivity contribution < 1.29 is 14.3 Å². The number of carbonyl (C=O) groups is 1. The molecule has 2 aromatic rings. The summed E-state index contributed by atoms with van der Waals surface area (Å²) in [5.74, 6) is 0.491. The number of ether oxygens (including phenoxy) is 2. The van der Waals surface area contributed by atoms with Crippen LogP contribution in [0.25, 0.3) is 0 Å². The lowest BCUT2D eigenvalue weighted by Gasteiger charge is -2.26. The summed E-state index contributed by atoms with van der Waals surface area (Å²) in [5.41, 5.74) is 0.968. The fourth-order valence-corrected chi connectivity index (χ4v) is 2.61. The number of hydrogen-bond donors (Lipinski definition) is 2. The van der Waals surface area contributed by atoms with Crippen LogP contribution in [0.4, 0.5) is 17.5 Å². The Labute approximate surface area is 151 Å². The Morgan fingerprint density at radius 2 is 2.12 bits per heavy atom. The number of benzene rings is 1. The predicted molar refractivity (Wildman–Crippen MR) is 96.6 cm³/mol. The van der Waals surface area contributed by atoms with Gasteiger partial charge in [0.25, 0.3) is 0 Å². The zero-order chi connectivity index (χ0) is 18.2. The van der Waals surface area contributed by atoms with Crippen LogP contribution in [0, 0.1) is 0 Å². The van der Waals surface area contributed by atoms with Gasteiger partial charge in [-0.25, -0.2) is 4.79 Å². The molecule has 138 valence electrons. The molecule has 0 saturated carbocycles. The van der Waals surface area contributed by atoms with Gasteiger partial charge in [0.2, 0.25) is 5.95 Å². The van der Waals surface area contributed by atoms with Gasteiger partial charge in [-0.3, -0.25) is 4.90 Å². The van der Waals surface area contributed by atoms with Gasteiger partial charge >= 0.3 is 5.97 Å². The van der Waals surface area contributed by atoms with Crippen molar-refractivity contribution >= 4 is 23.4 Å². The molecule has 0 bridgehead atoms. The van der Waals surface area contributed by atoms with Gasteiger partial charge in [0, 0.05) is 26.2 Å². The zero-order valence-corrected chi connectivity index (χ0v) is 14.6. The number of nitrogens with zero attached hydrogens (tertiary/aromatic N) is 4. The van der Waals surface area contributed by atoms with Gasteiger partial charge in [0.05, 0.1) is 37.8 Å². The number of hydrogen-bond acceptors (Lipinski definition) is 9. The quantitative estimate of drug-likeness (QED) is 0.706. The Kier molecular flexibility index (Phi) is 6.29. The number of methoxy groups -OCH3 is 1. The van der Waals surface area contributed by atoms with E-state index in [0.717, 1.165) is 39.4 Å². The average Bonchev–Trinajstić information content (AvgIpc) is 2.69. The molecule has 1 fully saturated rings. The summed E-state index contributed by atoms with van der Waals surface area (Å²) in [6.45, 7) is 5.10. The standard InChI is InChI=1S/C17H22N6O3/c1-25-16(24)13-4-2-3-5-14(13)20-17-21-15(12-19-22-17)18-6-7-23-8-10-26-11-9-23/h2-5,12H,6-11H2,1H3,(H2,18,20,21,22). The second kappa shape index (κ2) is 9.07. The maximum atomic E-state index is 11.8. The highest BCUT2D eigenvalue weighted by molar-refractivity contribution is 5.96. The molecule has 1 saturated heterocycles. The highest BCUT2D eigenvalue weighted by Crippen LogP contribution is 2.19. The summed E-state index contributed by atoms with van der Waals surface area (Å²) in [6.07, 6.45) is 1.57. The first-order chi connectivity index (χ1) is 12.8. The van der Waals surface area contributed by atoms with Crippen LogP contribution in [-0.4, -0.2) is 72.6 Å². The highest BCUT2D eigenvalue weighted by Gasteiger charge is 2.13. The van der Waals surface area contributed by atoms with Crippen LogP contribution < -0.4 is 10.6 Å². The van der Waals surface area contributed by atoms with Crippen LogP contribution in [0.3, 0.4) is 0 Å². The Hall–Kier alpha value is -2.78. The first-order valence-electron chi connectivity index (χ1n) is 8.44. The monoisotopic (exact) mass is 358 g/mol. The Morgan fingerprint density at radius 3 is 2.92 bits per heavy atom. The molecule has 0 amide bonds. The summed E-state index contributed by atoms with van der Waals surface area (Å²) in [7, 11) is 1.34. The van der Waals surface area contributed by atoms with E-state index in [-0.39, 0.29) is 0 Å². The van der Waals surface area contributed by atoms with Crippen LogP contribution in [-0.2, 0) is 9.47 Å². The molecule has 26 heavy (non-hydrogen) atoms. The third kappa shape index (κ3) is 4.87. The molecule has 9 heteroatoms. The SMILES string of the molecule is COC(=O)c1ccccc1Nc1nncc(NCCN2CCOCC2)n1. The summed E-state index contributed by atoms with van der Waals surface area (Å²) < 4.78 is 10.1. The third-order valence-electron chi connectivity index (χ3n) is 3.98. The van der Waals surface area contributed by atoms with Gasteiger partial charge in [-0.05, 0) is 12.1 Å². The van der Waals surface area contributed by atoms with Crippen LogP contribution in [0.15, 0.2) is 30.5 Å². The second-order valence-electron chi connectivity index (χ2n) is 5.71. The topological polar surface area (TPSA) is 102 Å². The number of rotatable bonds is 7. The van der Waals surface area contributed by atoms with Gasteiger partial charge in [-0.2, -0.15) is 10.1 Å². The summed E-state index contributed by atoms with van der Waals surface area (Å²) in [6, 6.07) is 7.01. The van der Waals surface area contributed by atoms with Crippen molar-refractivity contribution in [3.63, 3.8) is 0 Å². The lowest BCUT2D eigenvalue weighted by atomic mass is 10.2. The fourth-order valence-electron chi connectivity index (χ4n) is 2.61. The first-order valence-corrected chi connectivity index (χ1v) is 8.44. The summed E-state index contributed by atoms with van der Waals surface area (Å²) in [4.78, 5) is 18.6. The molecule has 0 unspecified atom stereocenters. The van der Waals surface area contributed by atoms with E-state index in [9.17, 15) is 4.79 Å². The van der Waals surface area contributed by atoms with E-state index in [1.807, 2.05) is 6.07 Å². The normalized spacial score (nSPS) is 14.7. The van der Waals surface area contributed by atoms with E-state index in [2.05, 4.69) is 30.7 Å². The summed E-state index contributed by atoms with van der Waals surface area (Å²) in [5, 5.41) is 14.2. The Bertz CT molecular complexity index is 736. The number of esters is 1. The number of aromatic nitrogens is 3. The van der Waals surface area contributed by atoms with Gasteiger partial charge in [-0.1, -0.05) is 12.1 Å². The number of carbonyl (C=O) groups excluding carboxylic acids is 1. The highest BCUT2D eigenvalue weighted by atomic mass is 16.5. The van der Waals surface area contributed by atoms with Gasteiger partial charge in [-0.15, -0.1) is 5.10 Å². The van der Waals surface area contributed by atoms with Crippen molar-refractivity contribution in [2.45, 2.75) is 0 Å². The minimum Gasteiger partial charge on any atom is -0.465 e. The van der Waals surface area contributed by atoms with E-state index in [1.54, 1.807) is 24.4 Å². The molecule has 1 aromatic heterocycles. The molecule has 0 atom stereocenters. The fraction of sp³-hybridized carbons (Fsp3) is 0.412. The molecular weight excluding hydrogens is 336 g/mol. The molecule has 2 N–H and O–H groups in total. The van der Waals surface area contributed by atoms with Crippen molar-refractivity contribution in [1.29, 1.82) is 0 Å². The molecule has 9 nitrogen and oxygen atoms in total. The van der Waals surface area contributed by atoms with Crippen molar-refractivity contribution in [3.8, 4) is 0 Å². The minimum absolute atomic E-state index is 0.303. The number of nitrogens with one attached hydrogen (secondary N) is 2. The molecule has 0 spiro atoms. The Balaban J connectivity index is 1.60. The molecule has 2 heterocycles. The lowest BCUT2D eigenvalue weighted by Crippen LogP contribution is -2.39. The van der Waals surface area contributed by atoms with Crippen molar-refractivity contribution in [3.05, 3.63) is 36.0 Å². The van der Waals surface area contributed by atoms with Crippen molar-refractivity contribution in [2.75, 3.05) is 57.1 Å². The number of anilines is 3. The van der Waals surface area contributed by atoms with E-state index in [4.69, 9.17) is 9.47 Å². The number of morpholine rings is 1. The van der Waals surface area contributed by atoms with E-state index in [1.165, 1.54) is 7.11 Å². The van der Waals surface area contributed by atoms with E-state index in [0.29, 0.717) is 23.0 Å². The maximum Gasteiger partial charge on any atom is 0.339 e. The first kappa shape index (κ1) is 18.0. The van der Waals surface area contributed by atoms with Crippen molar-refractivity contribution in [2.24, 2.45) is 0 Å². The van der Waals surface area contributed by atoms with E-state index < -0.39 is 5.97 Å².